The third-order valence-electron chi connectivity index (χ3n) is 4.14. The number of carbonyl (C=O) groups excluding carboxylic acids is 1. The second kappa shape index (κ2) is 8.88. The van der Waals surface area contributed by atoms with E-state index >= 15 is 0 Å². The lowest BCUT2D eigenvalue weighted by atomic mass is 10.1. The van der Waals surface area contributed by atoms with Crippen LogP contribution in [0.3, 0.4) is 0 Å². The van der Waals surface area contributed by atoms with Gasteiger partial charge in [0.15, 0.2) is 0 Å². The molecule has 0 aliphatic carbocycles. The molecule has 2 aromatic carbocycles. The Morgan fingerprint density at radius 1 is 0.893 bits per heavy atom. The Morgan fingerprint density at radius 2 is 1.43 bits per heavy atom. The van der Waals surface area contributed by atoms with E-state index in [0.717, 1.165) is 12.1 Å². The van der Waals surface area contributed by atoms with Crippen molar-refractivity contribution in [1.82, 2.24) is 9.80 Å². The monoisotopic (exact) mass is 394 g/mol. The molecule has 0 saturated carbocycles. The summed E-state index contributed by atoms with van der Waals surface area (Å²) in [5.41, 5.74) is 0.212. The molecule has 0 aliphatic rings. The van der Waals surface area contributed by atoms with Crippen molar-refractivity contribution in [3.8, 4) is 0 Å². The number of rotatable bonds is 7. The lowest BCUT2D eigenvalue weighted by molar-refractivity contribution is -0.137. The molecule has 2 aromatic rings. The van der Waals surface area contributed by atoms with Crippen LogP contribution >= 0.6 is 0 Å². The van der Waals surface area contributed by atoms with E-state index in [2.05, 4.69) is 0 Å². The molecule has 0 fully saturated rings. The molecule has 0 saturated heterocycles. The molecule has 150 valence electrons. The lowest BCUT2D eigenvalue weighted by Crippen LogP contribution is -2.36. The van der Waals surface area contributed by atoms with Crippen molar-refractivity contribution >= 4 is 11.9 Å². The molecule has 5 nitrogen and oxygen atoms in total. The highest BCUT2D eigenvalue weighted by Gasteiger charge is 2.30. The van der Waals surface area contributed by atoms with Gasteiger partial charge >= 0.3 is 12.1 Å². The fourth-order valence-corrected chi connectivity index (χ4v) is 2.53. The zero-order valence-corrected chi connectivity index (χ0v) is 15.5. The Bertz CT molecular complexity index is 816. The topological polar surface area (TPSA) is 60.9 Å². The van der Waals surface area contributed by atoms with Gasteiger partial charge in [-0.05, 0) is 56.1 Å². The number of hydrogen-bond acceptors (Lipinski definition) is 3. The zero-order valence-electron chi connectivity index (χ0n) is 15.5. The first-order valence-electron chi connectivity index (χ1n) is 8.51. The molecule has 0 heterocycles. The summed E-state index contributed by atoms with van der Waals surface area (Å²) in [7, 11) is 3.70. The van der Waals surface area contributed by atoms with Crippen LogP contribution in [0.2, 0.25) is 0 Å². The van der Waals surface area contributed by atoms with Gasteiger partial charge in [0.25, 0.3) is 5.91 Å². The molecule has 0 bridgehead atoms. The molecule has 0 atom stereocenters. The van der Waals surface area contributed by atoms with Crippen LogP contribution in [0.4, 0.5) is 13.2 Å². The number of hydrogen-bond donors (Lipinski definition) is 1. The minimum Gasteiger partial charge on any atom is -0.478 e. The molecule has 0 radical (unpaired) electrons. The molecule has 0 spiro atoms. The maximum Gasteiger partial charge on any atom is 0.416 e. The Kier molecular flexibility index (Phi) is 6.80. The number of nitrogens with zero attached hydrogens (tertiary/aromatic N) is 2. The van der Waals surface area contributed by atoms with Crippen LogP contribution < -0.4 is 0 Å². The number of halogens is 3. The van der Waals surface area contributed by atoms with Crippen molar-refractivity contribution in [3.05, 3.63) is 70.8 Å². The zero-order chi connectivity index (χ0) is 20.9. The minimum atomic E-state index is -4.41. The van der Waals surface area contributed by atoms with E-state index in [9.17, 15) is 22.8 Å². The highest BCUT2D eigenvalue weighted by Crippen LogP contribution is 2.29. The van der Waals surface area contributed by atoms with Gasteiger partial charge in [0.1, 0.15) is 0 Å². The van der Waals surface area contributed by atoms with Gasteiger partial charge in [0.05, 0.1) is 11.1 Å². The second-order valence-electron chi connectivity index (χ2n) is 6.61. The molecule has 8 heteroatoms. The van der Waals surface area contributed by atoms with E-state index in [1.807, 2.05) is 19.0 Å². The molecular weight excluding hydrogens is 373 g/mol. The quantitative estimate of drug-likeness (QED) is 0.780. The van der Waals surface area contributed by atoms with E-state index < -0.39 is 17.7 Å². The summed E-state index contributed by atoms with van der Waals surface area (Å²) in [6, 6.07) is 10.2. The van der Waals surface area contributed by atoms with E-state index in [1.54, 1.807) is 0 Å². The number of likely N-dealkylation sites (N-methyl/N-ethyl adjacent to an activating group) is 1. The molecule has 0 aliphatic heterocycles. The Morgan fingerprint density at radius 3 is 1.89 bits per heavy atom. The van der Waals surface area contributed by atoms with Crippen molar-refractivity contribution in [1.29, 1.82) is 0 Å². The molecular formula is C20H21F3N2O3. The lowest BCUT2D eigenvalue weighted by Gasteiger charge is -2.25. The van der Waals surface area contributed by atoms with E-state index in [1.165, 1.54) is 41.3 Å². The number of carboxylic acids is 1. The Hall–Kier alpha value is -2.87. The summed E-state index contributed by atoms with van der Waals surface area (Å²) in [4.78, 5) is 27.2. The Labute approximate surface area is 161 Å². The summed E-state index contributed by atoms with van der Waals surface area (Å²) in [6.45, 7) is 1.08. The van der Waals surface area contributed by atoms with Crippen LogP contribution in [0.1, 0.15) is 31.8 Å². The van der Waals surface area contributed by atoms with Crippen molar-refractivity contribution in [3.63, 3.8) is 0 Å². The van der Waals surface area contributed by atoms with Crippen LogP contribution in [0.25, 0.3) is 0 Å². The molecule has 2 rings (SSSR count). The summed E-state index contributed by atoms with van der Waals surface area (Å²) in [6.07, 6.45) is -4.41. The van der Waals surface area contributed by atoms with Crippen molar-refractivity contribution in [2.75, 3.05) is 27.2 Å². The first-order chi connectivity index (χ1) is 13.1. The van der Waals surface area contributed by atoms with Crippen LogP contribution in [0, 0.1) is 0 Å². The molecule has 1 N–H and O–H groups in total. The summed E-state index contributed by atoms with van der Waals surface area (Å²) < 4.78 is 38.2. The smallest absolute Gasteiger partial charge is 0.416 e. The largest absolute Gasteiger partial charge is 0.478 e. The van der Waals surface area contributed by atoms with Gasteiger partial charge in [0, 0.05) is 25.2 Å². The van der Waals surface area contributed by atoms with Crippen LogP contribution in [-0.4, -0.2) is 54.0 Å². The summed E-state index contributed by atoms with van der Waals surface area (Å²) >= 11 is 0. The standard InChI is InChI=1S/C20H21F3N2O3/c1-24(2)11-12-25(13-14-3-9-17(10-4-14)20(21,22)23)18(26)15-5-7-16(8-6-15)19(27)28/h3-10H,11-13H2,1-2H3,(H,27,28). The first kappa shape index (κ1) is 21.4. The number of aromatic carboxylic acids is 1. The first-order valence-corrected chi connectivity index (χ1v) is 8.51. The summed E-state index contributed by atoms with van der Waals surface area (Å²) in [5.74, 6) is -1.41. The van der Waals surface area contributed by atoms with Gasteiger partial charge < -0.3 is 14.9 Å². The average Bonchev–Trinajstić information content (AvgIpc) is 2.64. The fraction of sp³-hybridized carbons (Fsp3) is 0.300. The third kappa shape index (κ3) is 5.82. The Balaban J connectivity index is 2.20. The minimum absolute atomic E-state index is 0.0686. The molecule has 0 aromatic heterocycles. The highest BCUT2D eigenvalue weighted by atomic mass is 19.4. The van der Waals surface area contributed by atoms with Crippen LogP contribution in [0.15, 0.2) is 48.5 Å². The second-order valence-corrected chi connectivity index (χ2v) is 6.61. The number of carboxylic acid groups (broad SMARTS) is 1. The van der Waals surface area contributed by atoms with Gasteiger partial charge in [-0.25, -0.2) is 4.79 Å². The third-order valence-corrected chi connectivity index (χ3v) is 4.14. The average molecular weight is 394 g/mol. The molecule has 28 heavy (non-hydrogen) atoms. The molecule has 1 amide bonds. The van der Waals surface area contributed by atoms with E-state index in [4.69, 9.17) is 5.11 Å². The predicted molar refractivity (Wildman–Crippen MR) is 98.1 cm³/mol. The van der Waals surface area contributed by atoms with Crippen LogP contribution in [-0.2, 0) is 12.7 Å². The fourth-order valence-electron chi connectivity index (χ4n) is 2.53. The SMILES string of the molecule is CN(C)CCN(Cc1ccc(C(F)(F)F)cc1)C(=O)c1ccc(C(=O)O)cc1. The number of amides is 1. The highest BCUT2D eigenvalue weighted by molar-refractivity contribution is 5.95. The van der Waals surface area contributed by atoms with E-state index in [0.29, 0.717) is 24.2 Å². The summed E-state index contributed by atoms with van der Waals surface area (Å²) in [5, 5.41) is 8.96. The number of carbonyl (C=O) groups is 2. The number of alkyl halides is 3. The van der Waals surface area contributed by atoms with Crippen LogP contribution in [0.5, 0.6) is 0 Å². The maximum absolute atomic E-state index is 12.8. The van der Waals surface area contributed by atoms with E-state index in [-0.39, 0.29) is 18.0 Å². The molecule has 0 unspecified atom stereocenters. The maximum atomic E-state index is 12.8. The van der Waals surface area contributed by atoms with Crippen molar-refractivity contribution in [2.24, 2.45) is 0 Å². The normalized spacial score (nSPS) is 11.5. The van der Waals surface area contributed by atoms with Gasteiger partial charge in [-0.2, -0.15) is 13.2 Å². The van der Waals surface area contributed by atoms with Crippen molar-refractivity contribution < 1.29 is 27.9 Å². The van der Waals surface area contributed by atoms with Gasteiger partial charge in [-0.3, -0.25) is 4.79 Å². The van der Waals surface area contributed by atoms with Gasteiger partial charge in [0.2, 0.25) is 0 Å². The van der Waals surface area contributed by atoms with Gasteiger partial charge in [-0.15, -0.1) is 0 Å². The van der Waals surface area contributed by atoms with Crippen molar-refractivity contribution in [2.45, 2.75) is 12.7 Å². The van der Waals surface area contributed by atoms with Gasteiger partial charge in [-0.1, -0.05) is 12.1 Å². The number of benzene rings is 2. The predicted octanol–water partition coefficient (Wildman–Crippen LogP) is 3.61.